The predicted molar refractivity (Wildman–Crippen MR) is 75.8 cm³/mol. The van der Waals surface area contributed by atoms with Crippen LogP contribution in [-0.4, -0.2) is 25.2 Å². The molecule has 2 rings (SSSR count). The van der Waals surface area contributed by atoms with Gasteiger partial charge in [0.05, 0.1) is 16.8 Å². The summed E-state index contributed by atoms with van der Waals surface area (Å²) in [5.41, 5.74) is 0.475. The fourth-order valence-corrected chi connectivity index (χ4v) is 3.89. The Labute approximate surface area is 116 Å². The molecule has 0 spiro atoms. The Morgan fingerprint density at radius 1 is 1.47 bits per heavy atom. The van der Waals surface area contributed by atoms with Crippen molar-refractivity contribution >= 4 is 27.0 Å². The molecule has 0 unspecified atom stereocenters. The Bertz CT molecular complexity index is 645. The SMILES string of the molecule is CCn1cc(NS(=O)(=O)c2csc(CNC)c2)cn1. The average Bonchev–Trinajstić information content (AvgIpc) is 2.98. The normalized spacial score (nSPS) is 11.7. The number of hydrogen-bond donors (Lipinski definition) is 2. The predicted octanol–water partition coefficient (Wildman–Crippen LogP) is 1.48. The van der Waals surface area contributed by atoms with Crippen LogP contribution in [-0.2, 0) is 23.1 Å². The largest absolute Gasteiger partial charge is 0.315 e. The van der Waals surface area contributed by atoms with E-state index in [9.17, 15) is 8.42 Å². The molecule has 2 heterocycles. The lowest BCUT2D eigenvalue weighted by atomic mass is 10.5. The van der Waals surface area contributed by atoms with E-state index in [0.29, 0.717) is 18.8 Å². The number of anilines is 1. The molecule has 0 aliphatic rings. The van der Waals surface area contributed by atoms with Crippen LogP contribution in [0.5, 0.6) is 0 Å². The molecule has 0 bridgehead atoms. The number of rotatable bonds is 6. The zero-order valence-corrected chi connectivity index (χ0v) is 12.4. The first kappa shape index (κ1) is 14.0. The van der Waals surface area contributed by atoms with Crippen molar-refractivity contribution in [3.63, 3.8) is 0 Å². The molecule has 19 heavy (non-hydrogen) atoms. The summed E-state index contributed by atoms with van der Waals surface area (Å²) in [5, 5.41) is 8.66. The molecule has 2 N–H and O–H groups in total. The maximum absolute atomic E-state index is 12.2. The lowest BCUT2D eigenvalue weighted by Crippen LogP contribution is -2.11. The molecular formula is C11H16N4O2S2. The first-order chi connectivity index (χ1) is 9.05. The smallest absolute Gasteiger partial charge is 0.262 e. The molecule has 0 atom stereocenters. The van der Waals surface area contributed by atoms with E-state index in [-0.39, 0.29) is 4.90 Å². The Kier molecular flexibility index (Phi) is 4.23. The number of nitrogens with one attached hydrogen (secondary N) is 2. The summed E-state index contributed by atoms with van der Waals surface area (Å²) in [7, 11) is -1.70. The highest BCUT2D eigenvalue weighted by Gasteiger charge is 2.17. The maximum atomic E-state index is 12.2. The summed E-state index contributed by atoms with van der Waals surface area (Å²) in [6.45, 7) is 3.30. The van der Waals surface area contributed by atoms with Crippen molar-refractivity contribution in [2.75, 3.05) is 11.8 Å². The van der Waals surface area contributed by atoms with E-state index in [4.69, 9.17) is 0 Å². The minimum atomic E-state index is -3.53. The van der Waals surface area contributed by atoms with Gasteiger partial charge in [0.15, 0.2) is 0 Å². The monoisotopic (exact) mass is 300 g/mol. The van der Waals surface area contributed by atoms with Crippen molar-refractivity contribution < 1.29 is 8.42 Å². The third kappa shape index (κ3) is 3.34. The molecule has 0 amide bonds. The summed E-state index contributed by atoms with van der Waals surface area (Å²) in [5.74, 6) is 0. The molecule has 0 radical (unpaired) electrons. The molecule has 0 aliphatic carbocycles. The van der Waals surface area contributed by atoms with Crippen LogP contribution < -0.4 is 10.0 Å². The minimum absolute atomic E-state index is 0.284. The highest BCUT2D eigenvalue weighted by atomic mass is 32.2. The van der Waals surface area contributed by atoms with E-state index in [1.54, 1.807) is 22.3 Å². The standard InChI is InChI=1S/C11H16N4O2S2/c1-3-15-7-9(5-13-15)14-19(16,17)11-4-10(6-12-2)18-8-11/h4-5,7-8,12,14H,3,6H2,1-2H3. The zero-order valence-electron chi connectivity index (χ0n) is 10.8. The van der Waals surface area contributed by atoms with Crippen LogP contribution in [0.1, 0.15) is 11.8 Å². The Balaban J connectivity index is 2.16. The van der Waals surface area contributed by atoms with Gasteiger partial charge in [-0.25, -0.2) is 8.42 Å². The van der Waals surface area contributed by atoms with Gasteiger partial charge in [-0.15, -0.1) is 11.3 Å². The highest BCUT2D eigenvalue weighted by molar-refractivity contribution is 7.92. The van der Waals surface area contributed by atoms with Gasteiger partial charge in [0.1, 0.15) is 0 Å². The van der Waals surface area contributed by atoms with Crippen LogP contribution >= 0.6 is 11.3 Å². The first-order valence-electron chi connectivity index (χ1n) is 5.82. The summed E-state index contributed by atoms with van der Waals surface area (Å²) >= 11 is 1.42. The van der Waals surface area contributed by atoms with Gasteiger partial charge in [-0.1, -0.05) is 0 Å². The van der Waals surface area contributed by atoms with Crippen molar-refractivity contribution in [2.24, 2.45) is 0 Å². The molecule has 0 aliphatic heterocycles. The van der Waals surface area contributed by atoms with Crippen LogP contribution in [0.3, 0.4) is 0 Å². The van der Waals surface area contributed by atoms with Crippen LogP contribution in [0.4, 0.5) is 5.69 Å². The van der Waals surface area contributed by atoms with Gasteiger partial charge in [-0.3, -0.25) is 9.40 Å². The fourth-order valence-electron chi connectivity index (χ4n) is 1.57. The first-order valence-corrected chi connectivity index (χ1v) is 8.18. The highest BCUT2D eigenvalue weighted by Crippen LogP contribution is 2.21. The lowest BCUT2D eigenvalue weighted by Gasteiger charge is -2.02. The summed E-state index contributed by atoms with van der Waals surface area (Å²) in [6, 6.07) is 1.67. The minimum Gasteiger partial charge on any atom is -0.315 e. The van der Waals surface area contributed by atoms with Crippen LogP contribution in [0.2, 0.25) is 0 Å². The second-order valence-corrected chi connectivity index (χ2v) is 6.65. The van der Waals surface area contributed by atoms with Crippen LogP contribution in [0.25, 0.3) is 0 Å². The van der Waals surface area contributed by atoms with Crippen molar-refractivity contribution in [1.29, 1.82) is 0 Å². The van der Waals surface area contributed by atoms with Crippen molar-refractivity contribution in [3.05, 3.63) is 28.7 Å². The van der Waals surface area contributed by atoms with E-state index in [1.165, 1.54) is 17.5 Å². The molecule has 0 aromatic carbocycles. The van der Waals surface area contributed by atoms with E-state index >= 15 is 0 Å². The van der Waals surface area contributed by atoms with E-state index < -0.39 is 10.0 Å². The maximum Gasteiger partial charge on any atom is 0.262 e. The Morgan fingerprint density at radius 2 is 2.26 bits per heavy atom. The second-order valence-electron chi connectivity index (χ2n) is 3.97. The molecule has 0 saturated heterocycles. The van der Waals surface area contributed by atoms with Gasteiger partial charge in [0.25, 0.3) is 10.0 Å². The Morgan fingerprint density at radius 3 is 2.89 bits per heavy atom. The molecule has 6 nitrogen and oxygen atoms in total. The summed E-state index contributed by atoms with van der Waals surface area (Å²) in [4.78, 5) is 1.26. The number of aromatic nitrogens is 2. The number of nitrogens with zero attached hydrogens (tertiary/aromatic N) is 2. The average molecular weight is 300 g/mol. The number of aryl methyl sites for hydroxylation is 1. The van der Waals surface area contributed by atoms with Gasteiger partial charge in [-0.05, 0) is 20.0 Å². The number of sulfonamides is 1. The number of hydrogen-bond acceptors (Lipinski definition) is 5. The third-order valence-electron chi connectivity index (χ3n) is 2.50. The van der Waals surface area contributed by atoms with Gasteiger partial charge in [-0.2, -0.15) is 5.10 Å². The molecule has 2 aromatic heterocycles. The Hall–Kier alpha value is -1.38. The zero-order chi connectivity index (χ0) is 13.9. The molecule has 0 saturated carbocycles. The van der Waals surface area contributed by atoms with Gasteiger partial charge in [0, 0.05) is 29.5 Å². The van der Waals surface area contributed by atoms with E-state index in [2.05, 4.69) is 15.1 Å². The molecule has 8 heteroatoms. The summed E-state index contributed by atoms with van der Waals surface area (Å²) in [6.07, 6.45) is 3.17. The quantitative estimate of drug-likeness (QED) is 0.847. The van der Waals surface area contributed by atoms with Crippen molar-refractivity contribution in [3.8, 4) is 0 Å². The molecule has 0 fully saturated rings. The van der Waals surface area contributed by atoms with Crippen molar-refractivity contribution in [2.45, 2.75) is 24.9 Å². The topological polar surface area (TPSA) is 76.0 Å². The molecule has 104 valence electrons. The van der Waals surface area contributed by atoms with Crippen molar-refractivity contribution in [1.82, 2.24) is 15.1 Å². The summed E-state index contributed by atoms with van der Waals surface area (Å²) < 4.78 is 28.5. The van der Waals surface area contributed by atoms with Gasteiger partial charge in [0.2, 0.25) is 0 Å². The van der Waals surface area contributed by atoms with Crippen LogP contribution in [0, 0.1) is 0 Å². The van der Waals surface area contributed by atoms with Crippen LogP contribution in [0.15, 0.2) is 28.7 Å². The van der Waals surface area contributed by atoms with Gasteiger partial charge < -0.3 is 5.32 Å². The lowest BCUT2D eigenvalue weighted by molar-refractivity contribution is 0.601. The second kappa shape index (κ2) is 5.72. The third-order valence-corrected chi connectivity index (χ3v) is 4.95. The van der Waals surface area contributed by atoms with E-state index in [1.807, 2.05) is 14.0 Å². The molecule has 2 aromatic rings. The fraction of sp³-hybridized carbons (Fsp3) is 0.364. The van der Waals surface area contributed by atoms with Gasteiger partial charge >= 0.3 is 0 Å². The van der Waals surface area contributed by atoms with E-state index in [0.717, 1.165) is 4.88 Å². The number of thiophene rings is 1. The molecular weight excluding hydrogens is 284 g/mol.